The molecule has 4 heteroatoms. The fourth-order valence-corrected chi connectivity index (χ4v) is 1.16. The molecule has 0 saturated carbocycles. The molecule has 1 aromatic heterocycles. The van der Waals surface area contributed by atoms with Crippen molar-refractivity contribution in [3.8, 4) is 0 Å². The van der Waals surface area contributed by atoms with E-state index in [4.69, 9.17) is 0 Å². The summed E-state index contributed by atoms with van der Waals surface area (Å²) < 4.78 is 2.03. The normalized spacial score (nSPS) is 10.6. The zero-order valence-corrected chi connectivity index (χ0v) is 8.38. The molecule has 0 aliphatic heterocycles. The molecule has 0 atom stereocenters. The molecule has 0 amide bonds. The van der Waals surface area contributed by atoms with E-state index in [0.29, 0.717) is 0 Å². The van der Waals surface area contributed by atoms with Crippen LogP contribution in [0.25, 0.3) is 0 Å². The van der Waals surface area contributed by atoms with Crippen LogP contribution in [0.15, 0.2) is 12.5 Å². The number of imidazole rings is 1. The highest BCUT2D eigenvalue weighted by Crippen LogP contribution is 1.94. The molecule has 0 saturated heterocycles. The summed E-state index contributed by atoms with van der Waals surface area (Å²) in [6.45, 7) is 3.02. The third-order valence-electron chi connectivity index (χ3n) is 2.00. The zero-order valence-electron chi connectivity index (χ0n) is 8.38. The maximum atomic E-state index is 4.05. The van der Waals surface area contributed by atoms with Crippen molar-refractivity contribution in [3.05, 3.63) is 18.2 Å². The summed E-state index contributed by atoms with van der Waals surface area (Å²) in [5, 5.41) is 6.48. The zero-order chi connectivity index (χ0) is 9.52. The summed E-state index contributed by atoms with van der Waals surface area (Å²) in [5.41, 5.74) is 1.23. The van der Waals surface area contributed by atoms with Gasteiger partial charge in [-0.05, 0) is 26.6 Å². The van der Waals surface area contributed by atoms with Gasteiger partial charge in [-0.15, -0.1) is 0 Å². The molecular formula is C9H18N4. The highest BCUT2D eigenvalue weighted by atomic mass is 15.0. The second kappa shape index (κ2) is 5.72. The highest BCUT2D eigenvalue weighted by Gasteiger charge is 1.95. The van der Waals surface area contributed by atoms with Gasteiger partial charge in [0.15, 0.2) is 0 Å². The van der Waals surface area contributed by atoms with E-state index in [1.807, 2.05) is 31.2 Å². The first-order valence-corrected chi connectivity index (χ1v) is 4.65. The van der Waals surface area contributed by atoms with Gasteiger partial charge in [-0.3, -0.25) is 0 Å². The molecule has 1 aromatic rings. The second-order valence-electron chi connectivity index (χ2n) is 3.13. The van der Waals surface area contributed by atoms with Crippen molar-refractivity contribution in [2.75, 3.05) is 20.1 Å². The molecule has 1 rings (SSSR count). The summed E-state index contributed by atoms with van der Waals surface area (Å²) in [7, 11) is 3.98. The number of rotatable bonds is 6. The van der Waals surface area contributed by atoms with Gasteiger partial charge < -0.3 is 15.2 Å². The first kappa shape index (κ1) is 10.2. The van der Waals surface area contributed by atoms with Gasteiger partial charge in [0.25, 0.3) is 0 Å². The Bertz CT molecular complexity index is 231. The van der Waals surface area contributed by atoms with E-state index in [9.17, 15) is 0 Å². The Morgan fingerprint density at radius 3 is 2.92 bits per heavy atom. The van der Waals surface area contributed by atoms with Crippen LogP contribution in [0.2, 0.25) is 0 Å². The molecule has 0 spiro atoms. The van der Waals surface area contributed by atoms with Crippen molar-refractivity contribution in [3.63, 3.8) is 0 Å². The van der Waals surface area contributed by atoms with Gasteiger partial charge in [0.2, 0.25) is 0 Å². The van der Waals surface area contributed by atoms with Crippen LogP contribution >= 0.6 is 0 Å². The van der Waals surface area contributed by atoms with Crippen molar-refractivity contribution in [2.24, 2.45) is 7.05 Å². The van der Waals surface area contributed by atoms with Gasteiger partial charge in [0.1, 0.15) is 0 Å². The molecule has 0 aromatic carbocycles. The lowest BCUT2D eigenvalue weighted by atomic mass is 10.4. The molecule has 0 radical (unpaired) electrons. The van der Waals surface area contributed by atoms with Crippen LogP contribution in [0.1, 0.15) is 12.1 Å². The molecule has 74 valence electrons. The number of hydrogen-bond acceptors (Lipinski definition) is 3. The summed E-state index contributed by atoms with van der Waals surface area (Å²) in [6.07, 6.45) is 4.88. The Morgan fingerprint density at radius 2 is 2.31 bits per heavy atom. The van der Waals surface area contributed by atoms with E-state index in [0.717, 1.165) is 26.1 Å². The lowest BCUT2D eigenvalue weighted by Crippen LogP contribution is -2.20. The summed E-state index contributed by atoms with van der Waals surface area (Å²) in [6, 6.07) is 0. The van der Waals surface area contributed by atoms with Gasteiger partial charge in [-0.1, -0.05) is 0 Å². The Labute approximate surface area is 79.4 Å². The fraction of sp³-hybridized carbons (Fsp3) is 0.667. The van der Waals surface area contributed by atoms with E-state index in [1.165, 1.54) is 5.69 Å². The minimum Gasteiger partial charge on any atom is -0.337 e. The van der Waals surface area contributed by atoms with Crippen molar-refractivity contribution < 1.29 is 0 Å². The van der Waals surface area contributed by atoms with Gasteiger partial charge in [0, 0.05) is 19.8 Å². The third kappa shape index (κ3) is 3.57. The Hall–Kier alpha value is -0.870. The number of aryl methyl sites for hydroxylation is 1. The lowest BCUT2D eigenvalue weighted by molar-refractivity contribution is 0.608. The molecule has 1 heterocycles. The van der Waals surface area contributed by atoms with E-state index in [-0.39, 0.29) is 0 Å². The van der Waals surface area contributed by atoms with E-state index in [2.05, 4.69) is 15.6 Å². The molecule has 0 fully saturated rings. The summed E-state index contributed by atoms with van der Waals surface area (Å²) in [5.74, 6) is 0. The quantitative estimate of drug-likeness (QED) is 0.614. The summed E-state index contributed by atoms with van der Waals surface area (Å²) >= 11 is 0. The average molecular weight is 182 g/mol. The topological polar surface area (TPSA) is 41.9 Å². The van der Waals surface area contributed by atoms with E-state index in [1.54, 1.807) is 0 Å². The van der Waals surface area contributed by atoms with Crippen LogP contribution in [0.5, 0.6) is 0 Å². The highest BCUT2D eigenvalue weighted by molar-refractivity contribution is 4.96. The minimum atomic E-state index is 0.903. The predicted octanol–water partition coefficient (Wildman–Crippen LogP) is 0.119. The SMILES string of the molecule is CNCCCNCc1cncn1C. The van der Waals surface area contributed by atoms with Gasteiger partial charge >= 0.3 is 0 Å². The first-order valence-electron chi connectivity index (χ1n) is 4.65. The maximum Gasteiger partial charge on any atom is 0.0945 e. The third-order valence-corrected chi connectivity index (χ3v) is 2.00. The van der Waals surface area contributed by atoms with Crippen LogP contribution in [0.3, 0.4) is 0 Å². The van der Waals surface area contributed by atoms with Gasteiger partial charge in [0.05, 0.1) is 12.0 Å². The number of aromatic nitrogens is 2. The number of hydrogen-bond donors (Lipinski definition) is 2. The van der Waals surface area contributed by atoms with E-state index >= 15 is 0 Å². The standard InChI is InChI=1S/C9H18N4/c1-10-4-3-5-11-6-9-7-12-8-13(9)2/h7-8,10-11H,3-6H2,1-2H3. The molecule has 0 bridgehead atoms. The molecule has 13 heavy (non-hydrogen) atoms. The Kier molecular flexibility index (Phi) is 4.49. The second-order valence-corrected chi connectivity index (χ2v) is 3.13. The molecule has 4 nitrogen and oxygen atoms in total. The van der Waals surface area contributed by atoms with Crippen molar-refractivity contribution in [1.29, 1.82) is 0 Å². The fourth-order valence-electron chi connectivity index (χ4n) is 1.16. The molecule has 0 aliphatic carbocycles. The van der Waals surface area contributed by atoms with Crippen LogP contribution in [-0.2, 0) is 13.6 Å². The van der Waals surface area contributed by atoms with Crippen LogP contribution in [0, 0.1) is 0 Å². The first-order chi connectivity index (χ1) is 6.34. The van der Waals surface area contributed by atoms with Crippen LogP contribution < -0.4 is 10.6 Å². The van der Waals surface area contributed by atoms with Crippen molar-refractivity contribution in [1.82, 2.24) is 20.2 Å². The monoisotopic (exact) mass is 182 g/mol. The Morgan fingerprint density at radius 1 is 1.46 bits per heavy atom. The number of nitrogens with one attached hydrogen (secondary N) is 2. The lowest BCUT2D eigenvalue weighted by Gasteiger charge is -2.04. The molecule has 2 N–H and O–H groups in total. The van der Waals surface area contributed by atoms with Gasteiger partial charge in [-0.25, -0.2) is 4.98 Å². The van der Waals surface area contributed by atoms with E-state index < -0.39 is 0 Å². The molecule has 0 unspecified atom stereocenters. The van der Waals surface area contributed by atoms with Crippen molar-refractivity contribution in [2.45, 2.75) is 13.0 Å². The maximum absolute atomic E-state index is 4.05. The number of nitrogens with zero attached hydrogens (tertiary/aromatic N) is 2. The minimum absolute atomic E-state index is 0.903. The summed E-state index contributed by atoms with van der Waals surface area (Å²) in [4.78, 5) is 4.05. The predicted molar refractivity (Wildman–Crippen MR) is 53.5 cm³/mol. The molecular weight excluding hydrogens is 164 g/mol. The van der Waals surface area contributed by atoms with Gasteiger partial charge in [-0.2, -0.15) is 0 Å². The smallest absolute Gasteiger partial charge is 0.0945 e. The molecule has 0 aliphatic rings. The largest absolute Gasteiger partial charge is 0.337 e. The Balaban J connectivity index is 2.10. The van der Waals surface area contributed by atoms with Crippen LogP contribution in [0.4, 0.5) is 0 Å². The van der Waals surface area contributed by atoms with Crippen LogP contribution in [-0.4, -0.2) is 29.7 Å². The van der Waals surface area contributed by atoms with Crippen molar-refractivity contribution >= 4 is 0 Å². The average Bonchev–Trinajstić information content (AvgIpc) is 2.52.